The van der Waals surface area contributed by atoms with E-state index in [2.05, 4.69) is 9.88 Å². The van der Waals surface area contributed by atoms with E-state index < -0.39 is 0 Å². The Balaban J connectivity index is 1.96. The Hall–Kier alpha value is -1.33. The molecule has 1 aromatic rings. The summed E-state index contributed by atoms with van der Waals surface area (Å²) in [5.74, 6) is -0.396. The first kappa shape index (κ1) is 13.6. The summed E-state index contributed by atoms with van der Waals surface area (Å²) >= 11 is 6.04. The van der Waals surface area contributed by atoms with Gasteiger partial charge in [0.2, 0.25) is 0 Å². The molecule has 5 nitrogen and oxygen atoms in total. The summed E-state index contributed by atoms with van der Waals surface area (Å²) in [6, 6.07) is 1.93. The summed E-state index contributed by atoms with van der Waals surface area (Å²) in [5, 5.41) is 0.614. The highest BCUT2D eigenvalue weighted by Gasteiger charge is 2.41. The fourth-order valence-electron chi connectivity index (χ4n) is 2.95. The van der Waals surface area contributed by atoms with Crippen LogP contribution in [0.15, 0.2) is 12.3 Å². The van der Waals surface area contributed by atoms with Crippen molar-refractivity contribution >= 4 is 23.3 Å². The van der Waals surface area contributed by atoms with Crippen LogP contribution in [0, 0.1) is 5.92 Å². The minimum absolute atomic E-state index is 0.00978. The molecule has 0 unspecified atom stereocenters. The van der Waals surface area contributed by atoms with Crippen LogP contribution in [0.5, 0.6) is 0 Å². The highest BCUT2D eigenvalue weighted by Crippen LogP contribution is 2.36. The van der Waals surface area contributed by atoms with Crippen LogP contribution in [-0.2, 0) is 20.7 Å². The molecule has 2 aliphatic rings. The van der Waals surface area contributed by atoms with Crippen molar-refractivity contribution in [3.8, 4) is 0 Å². The molecule has 108 valence electrons. The van der Waals surface area contributed by atoms with E-state index in [1.807, 2.05) is 13.0 Å². The van der Waals surface area contributed by atoms with E-state index >= 15 is 0 Å². The van der Waals surface area contributed by atoms with Gasteiger partial charge in [0, 0.05) is 19.2 Å². The largest absolute Gasteiger partial charge is 0.466 e. The van der Waals surface area contributed by atoms with Crippen molar-refractivity contribution in [2.45, 2.75) is 19.4 Å². The number of carbonyl (C=O) groups excluding carboxylic acids is 1. The maximum Gasteiger partial charge on any atom is 0.311 e. The molecule has 0 radical (unpaired) electrons. The molecule has 2 aliphatic heterocycles. The van der Waals surface area contributed by atoms with E-state index in [1.165, 1.54) is 0 Å². The molecule has 1 aromatic heterocycles. The first-order valence-corrected chi connectivity index (χ1v) is 7.24. The molecule has 20 heavy (non-hydrogen) atoms. The van der Waals surface area contributed by atoms with E-state index in [0.29, 0.717) is 31.3 Å². The van der Waals surface area contributed by atoms with Crippen molar-refractivity contribution in [3.63, 3.8) is 0 Å². The number of hydrogen-bond acceptors (Lipinski definition) is 5. The molecule has 0 spiro atoms. The van der Waals surface area contributed by atoms with Crippen molar-refractivity contribution in [2.75, 3.05) is 31.3 Å². The summed E-state index contributed by atoms with van der Waals surface area (Å²) < 4.78 is 10.7. The Morgan fingerprint density at radius 1 is 1.65 bits per heavy atom. The SMILES string of the molecule is CCOC(=O)[C@@H]1Cc2ncc(Cl)cc2N2CCOC[C@H]12. The number of carbonyl (C=O) groups is 1. The lowest BCUT2D eigenvalue weighted by Crippen LogP contribution is -2.55. The topological polar surface area (TPSA) is 51.7 Å². The van der Waals surface area contributed by atoms with Crippen molar-refractivity contribution in [2.24, 2.45) is 5.92 Å². The molecule has 1 saturated heterocycles. The third kappa shape index (κ3) is 2.36. The Morgan fingerprint density at radius 2 is 2.50 bits per heavy atom. The molecular weight excluding hydrogens is 280 g/mol. The molecule has 0 amide bonds. The Morgan fingerprint density at radius 3 is 3.30 bits per heavy atom. The van der Waals surface area contributed by atoms with Crippen LogP contribution < -0.4 is 4.90 Å². The Kier molecular flexibility index (Phi) is 3.81. The third-order valence-electron chi connectivity index (χ3n) is 3.86. The lowest BCUT2D eigenvalue weighted by molar-refractivity contribution is -0.150. The number of fused-ring (bicyclic) bond motifs is 3. The van der Waals surface area contributed by atoms with Crippen LogP contribution in [0.25, 0.3) is 0 Å². The lowest BCUT2D eigenvalue weighted by atomic mass is 9.87. The second-order valence-electron chi connectivity index (χ2n) is 5.02. The third-order valence-corrected chi connectivity index (χ3v) is 4.06. The van der Waals surface area contributed by atoms with Gasteiger partial charge in [-0.1, -0.05) is 11.6 Å². The fraction of sp³-hybridized carbons (Fsp3) is 0.571. The second-order valence-corrected chi connectivity index (χ2v) is 5.45. The van der Waals surface area contributed by atoms with Gasteiger partial charge in [-0.3, -0.25) is 9.78 Å². The van der Waals surface area contributed by atoms with Crippen LogP contribution in [-0.4, -0.2) is 43.4 Å². The van der Waals surface area contributed by atoms with Gasteiger partial charge in [-0.25, -0.2) is 0 Å². The van der Waals surface area contributed by atoms with E-state index in [4.69, 9.17) is 21.1 Å². The zero-order chi connectivity index (χ0) is 14.1. The molecule has 0 saturated carbocycles. The molecule has 2 atom stereocenters. The number of rotatable bonds is 2. The molecule has 0 bridgehead atoms. The number of morpholine rings is 1. The zero-order valence-electron chi connectivity index (χ0n) is 11.3. The summed E-state index contributed by atoms with van der Waals surface area (Å²) in [5.41, 5.74) is 1.93. The summed E-state index contributed by atoms with van der Waals surface area (Å²) in [6.07, 6.45) is 2.21. The lowest BCUT2D eigenvalue weighted by Gasteiger charge is -2.44. The highest BCUT2D eigenvalue weighted by molar-refractivity contribution is 6.30. The quantitative estimate of drug-likeness (QED) is 0.777. The zero-order valence-corrected chi connectivity index (χ0v) is 12.1. The van der Waals surface area contributed by atoms with E-state index in [1.54, 1.807) is 6.20 Å². The first-order chi connectivity index (χ1) is 9.70. The van der Waals surface area contributed by atoms with Crippen molar-refractivity contribution in [3.05, 3.63) is 23.0 Å². The fourth-order valence-corrected chi connectivity index (χ4v) is 3.10. The molecule has 3 rings (SSSR count). The second kappa shape index (κ2) is 5.58. The van der Waals surface area contributed by atoms with Gasteiger partial charge in [0.05, 0.1) is 48.2 Å². The Labute approximate surface area is 122 Å². The number of aromatic nitrogens is 1. The first-order valence-electron chi connectivity index (χ1n) is 6.86. The smallest absolute Gasteiger partial charge is 0.311 e. The van der Waals surface area contributed by atoms with Gasteiger partial charge in [-0.2, -0.15) is 0 Å². The summed E-state index contributed by atoms with van der Waals surface area (Å²) in [7, 11) is 0. The number of hydrogen-bond donors (Lipinski definition) is 0. The number of esters is 1. The molecule has 1 fully saturated rings. The van der Waals surface area contributed by atoms with Crippen LogP contribution in [0.4, 0.5) is 5.69 Å². The van der Waals surface area contributed by atoms with Gasteiger partial charge in [0.25, 0.3) is 0 Å². The predicted octanol–water partition coefficient (Wildman–Crippen LogP) is 1.68. The average Bonchev–Trinajstić information content (AvgIpc) is 2.47. The van der Waals surface area contributed by atoms with E-state index in [-0.39, 0.29) is 17.9 Å². The normalized spacial score (nSPS) is 24.8. The standard InChI is InChI=1S/C14H17ClN2O3/c1-2-20-14(18)10-6-11-12(5-9(15)7-16-11)17-3-4-19-8-13(10)17/h5,7,10,13H,2-4,6,8H2,1H3/t10-,13-/m1/s1. The van der Waals surface area contributed by atoms with Gasteiger partial charge in [0.15, 0.2) is 0 Å². The Bertz CT molecular complexity index is 523. The van der Waals surface area contributed by atoms with E-state index in [9.17, 15) is 4.79 Å². The number of halogens is 1. The molecule has 0 N–H and O–H groups in total. The van der Waals surface area contributed by atoms with E-state index in [0.717, 1.165) is 17.9 Å². The van der Waals surface area contributed by atoms with Crippen LogP contribution in [0.3, 0.4) is 0 Å². The average molecular weight is 297 g/mol. The van der Waals surface area contributed by atoms with Gasteiger partial charge < -0.3 is 14.4 Å². The van der Waals surface area contributed by atoms with Crippen molar-refractivity contribution in [1.29, 1.82) is 0 Å². The minimum atomic E-state index is -0.226. The van der Waals surface area contributed by atoms with Gasteiger partial charge in [-0.15, -0.1) is 0 Å². The van der Waals surface area contributed by atoms with Gasteiger partial charge >= 0.3 is 5.97 Å². The maximum atomic E-state index is 12.2. The molecule has 3 heterocycles. The number of pyridine rings is 1. The van der Waals surface area contributed by atoms with Gasteiger partial charge in [-0.05, 0) is 13.0 Å². The highest BCUT2D eigenvalue weighted by atomic mass is 35.5. The molecule has 0 aromatic carbocycles. The molecule has 0 aliphatic carbocycles. The monoisotopic (exact) mass is 296 g/mol. The molecule has 6 heteroatoms. The van der Waals surface area contributed by atoms with Crippen LogP contribution >= 0.6 is 11.6 Å². The predicted molar refractivity (Wildman–Crippen MR) is 75.0 cm³/mol. The summed E-state index contributed by atoms with van der Waals surface area (Å²) in [6.45, 7) is 4.15. The number of ether oxygens (including phenoxy) is 2. The van der Waals surface area contributed by atoms with Crippen molar-refractivity contribution < 1.29 is 14.3 Å². The minimum Gasteiger partial charge on any atom is -0.466 e. The van der Waals surface area contributed by atoms with Crippen molar-refractivity contribution in [1.82, 2.24) is 4.98 Å². The van der Waals surface area contributed by atoms with Gasteiger partial charge in [0.1, 0.15) is 0 Å². The summed E-state index contributed by atoms with van der Waals surface area (Å²) in [4.78, 5) is 18.7. The molecular formula is C14H17ClN2O3. The maximum absolute atomic E-state index is 12.2. The van der Waals surface area contributed by atoms with Crippen LogP contribution in [0.1, 0.15) is 12.6 Å². The number of nitrogens with zero attached hydrogens (tertiary/aromatic N) is 2. The van der Waals surface area contributed by atoms with Crippen LogP contribution in [0.2, 0.25) is 5.02 Å². The number of anilines is 1.